The van der Waals surface area contributed by atoms with Gasteiger partial charge in [-0.2, -0.15) is 0 Å². The smallest absolute Gasteiger partial charge is 0.276 e. The fourth-order valence-corrected chi connectivity index (χ4v) is 3.07. The molecular weight excluding hydrogens is 218 g/mol. The van der Waals surface area contributed by atoms with Crippen molar-refractivity contribution in [2.45, 2.75) is 31.8 Å². The molecule has 0 aliphatic carbocycles. The molecule has 92 valence electrons. The maximum atomic E-state index is 12.3. The Labute approximate surface area is 100 Å². The van der Waals surface area contributed by atoms with Gasteiger partial charge in [-0.3, -0.25) is 4.79 Å². The summed E-state index contributed by atoms with van der Waals surface area (Å²) in [7, 11) is 2.14. The first-order valence-corrected chi connectivity index (χ1v) is 6.11. The first-order chi connectivity index (χ1) is 8.16. The van der Waals surface area contributed by atoms with Gasteiger partial charge in [0.15, 0.2) is 5.69 Å². The minimum atomic E-state index is 0.0182. The summed E-state index contributed by atoms with van der Waals surface area (Å²) in [5.41, 5.74) is 0.442. The maximum absolute atomic E-state index is 12.3. The molecule has 3 rings (SSSR count). The van der Waals surface area contributed by atoms with Crippen LogP contribution in [0.15, 0.2) is 10.6 Å². The second-order valence-corrected chi connectivity index (χ2v) is 5.01. The quantitative estimate of drug-likeness (QED) is 0.725. The first-order valence-electron chi connectivity index (χ1n) is 6.11. The molecule has 1 aromatic heterocycles. The van der Waals surface area contributed by atoms with Crippen molar-refractivity contribution in [2.75, 3.05) is 20.1 Å². The number of fused-ring (bicyclic) bond motifs is 1. The molecule has 0 spiro atoms. The predicted molar refractivity (Wildman–Crippen MR) is 61.7 cm³/mol. The van der Waals surface area contributed by atoms with E-state index < -0.39 is 0 Å². The zero-order valence-corrected chi connectivity index (χ0v) is 10.2. The third-order valence-electron chi connectivity index (χ3n) is 3.96. The second-order valence-electron chi connectivity index (χ2n) is 5.01. The molecule has 2 aliphatic rings. The lowest BCUT2D eigenvalue weighted by Crippen LogP contribution is -2.39. The number of nitrogens with zero attached hydrogens (tertiary/aromatic N) is 3. The lowest BCUT2D eigenvalue weighted by atomic mass is 10.1. The van der Waals surface area contributed by atoms with E-state index in [4.69, 9.17) is 4.52 Å². The summed E-state index contributed by atoms with van der Waals surface area (Å²) in [6.45, 7) is 3.72. The second kappa shape index (κ2) is 3.84. The molecule has 2 saturated heterocycles. The number of aryl methyl sites for hydroxylation is 1. The van der Waals surface area contributed by atoms with E-state index in [0.29, 0.717) is 23.5 Å². The van der Waals surface area contributed by atoms with Crippen LogP contribution < -0.4 is 0 Å². The van der Waals surface area contributed by atoms with Crippen LogP contribution in [-0.4, -0.2) is 53.1 Å². The van der Waals surface area contributed by atoms with Crippen molar-refractivity contribution < 1.29 is 9.32 Å². The van der Waals surface area contributed by atoms with Gasteiger partial charge in [-0.1, -0.05) is 5.16 Å². The van der Waals surface area contributed by atoms with Crippen molar-refractivity contribution in [3.8, 4) is 0 Å². The van der Waals surface area contributed by atoms with Crippen LogP contribution in [0.1, 0.15) is 29.1 Å². The Kier molecular flexibility index (Phi) is 2.43. The van der Waals surface area contributed by atoms with Crippen LogP contribution in [0.4, 0.5) is 0 Å². The molecule has 0 unspecified atom stereocenters. The average molecular weight is 235 g/mol. The molecule has 0 radical (unpaired) electrons. The highest BCUT2D eigenvalue weighted by molar-refractivity contribution is 5.92. The van der Waals surface area contributed by atoms with Crippen molar-refractivity contribution in [2.24, 2.45) is 0 Å². The topological polar surface area (TPSA) is 49.6 Å². The molecule has 0 saturated carbocycles. The van der Waals surface area contributed by atoms with Gasteiger partial charge in [0.2, 0.25) is 0 Å². The lowest BCUT2D eigenvalue weighted by Gasteiger charge is -2.23. The van der Waals surface area contributed by atoms with Gasteiger partial charge >= 0.3 is 0 Å². The van der Waals surface area contributed by atoms with E-state index in [0.717, 1.165) is 25.9 Å². The average Bonchev–Trinajstić information content (AvgIpc) is 2.96. The highest BCUT2D eigenvalue weighted by Gasteiger charge is 2.43. The van der Waals surface area contributed by atoms with Gasteiger partial charge in [-0.15, -0.1) is 0 Å². The van der Waals surface area contributed by atoms with E-state index in [1.807, 2.05) is 4.90 Å². The monoisotopic (exact) mass is 235 g/mol. The van der Waals surface area contributed by atoms with Gasteiger partial charge in [0, 0.05) is 31.2 Å². The molecule has 1 aromatic rings. The predicted octanol–water partition coefficient (Wildman–Crippen LogP) is 0.902. The van der Waals surface area contributed by atoms with Gasteiger partial charge in [0.25, 0.3) is 5.91 Å². The molecule has 5 nitrogen and oxygen atoms in total. The zero-order valence-electron chi connectivity index (χ0n) is 10.2. The molecule has 5 heteroatoms. The standard InChI is InChI=1S/C12H17N3O2/c1-8-7-9(13-17-8)12(16)15-6-4-10-11(15)3-5-14(10)2/h7,10-11H,3-6H2,1-2H3/t10-,11-/m0/s1. The van der Waals surface area contributed by atoms with Crippen LogP contribution in [0.3, 0.4) is 0 Å². The zero-order chi connectivity index (χ0) is 12.0. The van der Waals surface area contributed by atoms with Gasteiger partial charge in [-0.25, -0.2) is 0 Å². The van der Waals surface area contributed by atoms with Crippen LogP contribution in [-0.2, 0) is 0 Å². The minimum Gasteiger partial charge on any atom is -0.361 e. The van der Waals surface area contributed by atoms with Crippen LogP contribution in [0.5, 0.6) is 0 Å². The van der Waals surface area contributed by atoms with E-state index >= 15 is 0 Å². The Balaban J connectivity index is 1.79. The van der Waals surface area contributed by atoms with Gasteiger partial charge in [0.05, 0.1) is 0 Å². The molecule has 2 fully saturated rings. The number of likely N-dealkylation sites (N-methyl/N-ethyl adjacent to an activating group) is 1. The number of hydrogen-bond donors (Lipinski definition) is 0. The van der Waals surface area contributed by atoms with Gasteiger partial charge < -0.3 is 14.3 Å². The molecule has 0 aromatic carbocycles. The van der Waals surface area contributed by atoms with Crippen molar-refractivity contribution in [1.29, 1.82) is 0 Å². The van der Waals surface area contributed by atoms with Crippen molar-refractivity contribution in [3.63, 3.8) is 0 Å². The number of aromatic nitrogens is 1. The number of amides is 1. The highest BCUT2D eigenvalue weighted by Crippen LogP contribution is 2.31. The van der Waals surface area contributed by atoms with Crippen molar-refractivity contribution in [1.82, 2.24) is 15.0 Å². The molecule has 2 atom stereocenters. The summed E-state index contributed by atoms with van der Waals surface area (Å²) in [5.74, 6) is 0.706. The largest absolute Gasteiger partial charge is 0.361 e. The molecule has 0 N–H and O–H groups in total. The minimum absolute atomic E-state index is 0.0182. The van der Waals surface area contributed by atoms with Crippen LogP contribution >= 0.6 is 0 Å². The Bertz CT molecular complexity index is 443. The Morgan fingerprint density at radius 2 is 2.18 bits per heavy atom. The SMILES string of the molecule is Cc1cc(C(=O)N2CC[C@H]3[C@@H]2CCN3C)no1. The normalized spacial score (nSPS) is 28.7. The molecular formula is C12H17N3O2. The number of carbonyl (C=O) groups is 1. The Morgan fingerprint density at radius 3 is 2.88 bits per heavy atom. The van der Waals surface area contributed by atoms with Crippen molar-refractivity contribution >= 4 is 5.91 Å². The maximum Gasteiger partial charge on any atom is 0.276 e. The van der Waals surface area contributed by atoms with E-state index in [1.54, 1.807) is 13.0 Å². The first kappa shape index (κ1) is 10.8. The van der Waals surface area contributed by atoms with Gasteiger partial charge in [0.1, 0.15) is 5.76 Å². The number of likely N-dealkylation sites (tertiary alicyclic amines) is 2. The lowest BCUT2D eigenvalue weighted by molar-refractivity contribution is 0.0723. The summed E-state index contributed by atoms with van der Waals surface area (Å²) < 4.78 is 4.97. The van der Waals surface area contributed by atoms with Crippen LogP contribution in [0.25, 0.3) is 0 Å². The molecule has 2 aliphatic heterocycles. The Hall–Kier alpha value is -1.36. The molecule has 0 bridgehead atoms. The summed E-state index contributed by atoms with van der Waals surface area (Å²) >= 11 is 0. The number of rotatable bonds is 1. The summed E-state index contributed by atoms with van der Waals surface area (Å²) in [5, 5.41) is 3.81. The van der Waals surface area contributed by atoms with E-state index in [9.17, 15) is 4.79 Å². The highest BCUT2D eigenvalue weighted by atomic mass is 16.5. The summed E-state index contributed by atoms with van der Waals surface area (Å²) in [6.07, 6.45) is 2.15. The molecule has 1 amide bonds. The number of hydrogen-bond acceptors (Lipinski definition) is 4. The molecule has 17 heavy (non-hydrogen) atoms. The fraction of sp³-hybridized carbons (Fsp3) is 0.667. The van der Waals surface area contributed by atoms with Crippen LogP contribution in [0, 0.1) is 6.92 Å². The summed E-state index contributed by atoms with van der Waals surface area (Å²) in [6, 6.07) is 2.62. The third-order valence-corrected chi connectivity index (χ3v) is 3.96. The Morgan fingerprint density at radius 1 is 1.41 bits per heavy atom. The number of carbonyl (C=O) groups excluding carboxylic acids is 1. The van der Waals surface area contributed by atoms with Crippen LogP contribution in [0.2, 0.25) is 0 Å². The summed E-state index contributed by atoms with van der Waals surface area (Å²) in [4.78, 5) is 16.6. The fourth-order valence-electron chi connectivity index (χ4n) is 3.07. The van der Waals surface area contributed by atoms with Gasteiger partial charge in [-0.05, 0) is 26.8 Å². The molecule has 3 heterocycles. The van der Waals surface area contributed by atoms with E-state index in [2.05, 4.69) is 17.1 Å². The third kappa shape index (κ3) is 1.65. The van der Waals surface area contributed by atoms with E-state index in [-0.39, 0.29) is 5.91 Å². The van der Waals surface area contributed by atoms with Crippen molar-refractivity contribution in [3.05, 3.63) is 17.5 Å². The van der Waals surface area contributed by atoms with E-state index in [1.165, 1.54) is 0 Å².